The summed E-state index contributed by atoms with van der Waals surface area (Å²) in [7, 11) is -1.02. The fraction of sp³-hybridized carbons (Fsp3) is 0.500. The molecule has 2 rings (SSSR count). The molecule has 4 nitrogen and oxygen atoms in total. The molecule has 0 bridgehead atoms. The van der Waals surface area contributed by atoms with E-state index in [2.05, 4.69) is 15.9 Å². The molecule has 1 aliphatic rings. The van der Waals surface area contributed by atoms with Gasteiger partial charge in [0.15, 0.2) is 0 Å². The SMILES string of the molecule is O=C(O)CC1(CS(=O)CCOc2cccc(Br)c2)CC1. The Morgan fingerprint density at radius 2 is 2.20 bits per heavy atom. The molecule has 1 N–H and O–H groups in total. The van der Waals surface area contributed by atoms with Gasteiger partial charge in [0.1, 0.15) is 5.75 Å². The Kier molecular flexibility index (Phi) is 5.21. The average Bonchev–Trinajstić information content (AvgIpc) is 3.07. The molecule has 6 heteroatoms. The predicted octanol–water partition coefficient (Wildman–Crippen LogP) is 2.83. The van der Waals surface area contributed by atoms with Crippen LogP contribution in [0.4, 0.5) is 0 Å². The monoisotopic (exact) mass is 360 g/mol. The summed E-state index contributed by atoms with van der Waals surface area (Å²) < 4.78 is 18.4. The normalized spacial score (nSPS) is 17.4. The number of rotatable bonds is 8. The highest BCUT2D eigenvalue weighted by molar-refractivity contribution is 9.10. The summed E-state index contributed by atoms with van der Waals surface area (Å²) in [4.78, 5) is 10.7. The van der Waals surface area contributed by atoms with E-state index in [-0.39, 0.29) is 11.8 Å². The molecule has 110 valence electrons. The van der Waals surface area contributed by atoms with Crippen LogP contribution in [0.15, 0.2) is 28.7 Å². The average molecular weight is 361 g/mol. The summed E-state index contributed by atoms with van der Waals surface area (Å²) in [5.41, 5.74) is -0.216. The first-order chi connectivity index (χ1) is 9.49. The Morgan fingerprint density at radius 1 is 1.45 bits per heavy atom. The summed E-state index contributed by atoms with van der Waals surface area (Å²) in [6.45, 7) is 0.381. The molecule has 0 aliphatic heterocycles. The minimum absolute atomic E-state index is 0.130. The summed E-state index contributed by atoms with van der Waals surface area (Å²) in [5, 5.41) is 8.82. The van der Waals surface area contributed by atoms with Crippen molar-refractivity contribution >= 4 is 32.7 Å². The highest BCUT2D eigenvalue weighted by Gasteiger charge is 2.45. The second-order valence-corrected chi connectivity index (χ2v) is 7.66. The van der Waals surface area contributed by atoms with Crippen LogP contribution in [-0.2, 0) is 15.6 Å². The van der Waals surface area contributed by atoms with Gasteiger partial charge in [-0.1, -0.05) is 22.0 Å². The lowest BCUT2D eigenvalue weighted by atomic mass is 10.1. The number of benzene rings is 1. The molecule has 0 spiro atoms. The molecular weight excluding hydrogens is 344 g/mol. The summed E-state index contributed by atoms with van der Waals surface area (Å²) in [5.74, 6) is 0.850. The third-order valence-corrected chi connectivity index (χ3v) is 5.38. The van der Waals surface area contributed by atoms with Crippen molar-refractivity contribution in [3.8, 4) is 5.75 Å². The van der Waals surface area contributed by atoms with Crippen molar-refractivity contribution in [1.82, 2.24) is 0 Å². The Balaban J connectivity index is 1.72. The maximum atomic E-state index is 12.0. The van der Waals surface area contributed by atoms with Crippen molar-refractivity contribution in [2.24, 2.45) is 5.41 Å². The lowest BCUT2D eigenvalue weighted by molar-refractivity contribution is -0.138. The first kappa shape index (κ1) is 15.5. The van der Waals surface area contributed by atoms with Crippen molar-refractivity contribution in [3.05, 3.63) is 28.7 Å². The number of carbonyl (C=O) groups is 1. The van der Waals surface area contributed by atoms with Crippen LogP contribution in [-0.4, -0.2) is 33.4 Å². The molecule has 0 aromatic heterocycles. The van der Waals surface area contributed by atoms with Gasteiger partial charge in [0.2, 0.25) is 0 Å². The van der Waals surface area contributed by atoms with Crippen molar-refractivity contribution < 1.29 is 18.8 Å². The third kappa shape index (κ3) is 4.90. The van der Waals surface area contributed by atoms with Gasteiger partial charge in [-0.25, -0.2) is 0 Å². The molecule has 0 amide bonds. The summed E-state index contributed by atoms with van der Waals surface area (Å²) in [6, 6.07) is 7.49. The maximum absolute atomic E-state index is 12.0. The lowest BCUT2D eigenvalue weighted by Gasteiger charge is -2.12. The summed E-state index contributed by atoms with van der Waals surface area (Å²) in [6.07, 6.45) is 1.88. The molecule has 1 fully saturated rings. The van der Waals surface area contributed by atoms with Crippen LogP contribution >= 0.6 is 15.9 Å². The molecule has 1 unspecified atom stereocenters. The van der Waals surface area contributed by atoms with Crippen molar-refractivity contribution in [3.63, 3.8) is 0 Å². The van der Waals surface area contributed by atoms with Crippen molar-refractivity contribution in [2.45, 2.75) is 19.3 Å². The van der Waals surface area contributed by atoms with Crippen LogP contribution in [0.2, 0.25) is 0 Å². The Hall–Kier alpha value is -0.880. The van der Waals surface area contributed by atoms with Gasteiger partial charge in [-0.05, 0) is 36.5 Å². The van der Waals surface area contributed by atoms with E-state index in [4.69, 9.17) is 9.84 Å². The molecule has 0 heterocycles. The standard InChI is InChI=1S/C14H17BrO4S/c15-11-2-1-3-12(8-11)19-6-7-20(18)10-14(4-5-14)9-13(16)17/h1-3,8H,4-7,9-10H2,(H,16,17). The number of carboxylic acid groups (broad SMARTS) is 1. The van der Waals surface area contributed by atoms with E-state index < -0.39 is 16.8 Å². The van der Waals surface area contributed by atoms with Gasteiger partial charge in [0.05, 0.1) is 18.8 Å². The van der Waals surface area contributed by atoms with Gasteiger partial charge in [0.25, 0.3) is 0 Å². The molecule has 1 aliphatic carbocycles. The predicted molar refractivity (Wildman–Crippen MR) is 81.4 cm³/mol. The molecule has 0 radical (unpaired) electrons. The topological polar surface area (TPSA) is 63.6 Å². The van der Waals surface area contributed by atoms with Gasteiger partial charge in [-0.3, -0.25) is 9.00 Å². The number of halogens is 1. The second-order valence-electron chi connectivity index (χ2n) is 5.16. The Morgan fingerprint density at radius 3 is 2.80 bits per heavy atom. The molecule has 1 atom stereocenters. The van der Waals surface area contributed by atoms with E-state index in [0.29, 0.717) is 18.1 Å². The van der Waals surface area contributed by atoms with Crippen LogP contribution in [0.3, 0.4) is 0 Å². The molecular formula is C14H17BrO4S. The highest BCUT2D eigenvalue weighted by Crippen LogP contribution is 2.49. The van der Waals surface area contributed by atoms with Crippen LogP contribution in [0.25, 0.3) is 0 Å². The quantitative estimate of drug-likeness (QED) is 0.774. The van der Waals surface area contributed by atoms with Gasteiger partial charge in [-0.2, -0.15) is 0 Å². The van der Waals surface area contributed by atoms with E-state index in [1.807, 2.05) is 24.3 Å². The largest absolute Gasteiger partial charge is 0.493 e. The van der Waals surface area contributed by atoms with E-state index in [0.717, 1.165) is 23.1 Å². The second kappa shape index (κ2) is 6.72. The zero-order valence-electron chi connectivity index (χ0n) is 11.0. The van der Waals surface area contributed by atoms with Crippen LogP contribution < -0.4 is 4.74 Å². The minimum Gasteiger partial charge on any atom is -0.493 e. The number of hydrogen-bond donors (Lipinski definition) is 1. The van der Waals surface area contributed by atoms with Crippen LogP contribution in [0, 0.1) is 5.41 Å². The fourth-order valence-electron chi connectivity index (χ4n) is 2.09. The van der Waals surface area contributed by atoms with E-state index in [1.165, 1.54) is 0 Å². The zero-order chi connectivity index (χ0) is 14.6. The van der Waals surface area contributed by atoms with Crippen LogP contribution in [0.5, 0.6) is 5.75 Å². The van der Waals surface area contributed by atoms with Gasteiger partial charge < -0.3 is 9.84 Å². The molecule has 1 saturated carbocycles. The van der Waals surface area contributed by atoms with Gasteiger partial charge in [-0.15, -0.1) is 0 Å². The smallest absolute Gasteiger partial charge is 0.303 e. The van der Waals surface area contributed by atoms with Gasteiger partial charge >= 0.3 is 5.97 Å². The highest BCUT2D eigenvalue weighted by atomic mass is 79.9. The zero-order valence-corrected chi connectivity index (χ0v) is 13.4. The first-order valence-corrected chi connectivity index (χ1v) is 8.72. The van der Waals surface area contributed by atoms with Crippen LogP contribution in [0.1, 0.15) is 19.3 Å². The maximum Gasteiger partial charge on any atom is 0.303 e. The Bertz CT molecular complexity index is 514. The van der Waals surface area contributed by atoms with E-state index in [1.54, 1.807) is 0 Å². The minimum atomic E-state index is -1.02. The molecule has 0 saturated heterocycles. The first-order valence-electron chi connectivity index (χ1n) is 6.44. The Labute approximate surface area is 129 Å². The van der Waals surface area contributed by atoms with E-state index in [9.17, 15) is 9.00 Å². The molecule has 1 aromatic carbocycles. The van der Waals surface area contributed by atoms with E-state index >= 15 is 0 Å². The van der Waals surface area contributed by atoms with Gasteiger partial charge in [0, 0.05) is 21.0 Å². The number of carboxylic acids is 1. The van der Waals surface area contributed by atoms with Crippen molar-refractivity contribution in [2.75, 3.05) is 18.1 Å². The molecule has 20 heavy (non-hydrogen) atoms. The fourth-order valence-corrected chi connectivity index (χ4v) is 3.96. The number of aliphatic carboxylic acids is 1. The number of ether oxygens (including phenoxy) is 1. The number of hydrogen-bond acceptors (Lipinski definition) is 3. The van der Waals surface area contributed by atoms with Crippen molar-refractivity contribution in [1.29, 1.82) is 0 Å². The molecule has 1 aromatic rings. The lowest BCUT2D eigenvalue weighted by Crippen LogP contribution is -2.20. The third-order valence-electron chi connectivity index (χ3n) is 3.33. The summed E-state index contributed by atoms with van der Waals surface area (Å²) >= 11 is 3.36.